The Morgan fingerprint density at radius 1 is 1.36 bits per heavy atom. The Kier molecular flexibility index (Phi) is 5.55. The molecule has 0 saturated carbocycles. The Morgan fingerprint density at radius 3 is 2.92 bits per heavy atom. The predicted molar refractivity (Wildman–Crippen MR) is 96.1 cm³/mol. The number of Topliss-reactive ketones (excluding diaryl/α,β-unsaturated/α-hetero) is 1. The molecule has 1 N–H and O–H groups in total. The molecule has 0 radical (unpaired) electrons. The molecule has 0 fully saturated rings. The average Bonchev–Trinajstić information content (AvgIpc) is 3.08. The highest BCUT2D eigenvalue weighted by Gasteiger charge is 2.37. The summed E-state index contributed by atoms with van der Waals surface area (Å²) in [5.74, 6) is -0.369. The van der Waals surface area contributed by atoms with Crippen molar-refractivity contribution in [3.63, 3.8) is 0 Å². The van der Waals surface area contributed by atoms with E-state index in [2.05, 4.69) is 0 Å². The Labute approximate surface area is 150 Å². The molecule has 0 saturated heterocycles. The van der Waals surface area contributed by atoms with Gasteiger partial charge in [0.25, 0.3) is 0 Å². The molecule has 1 atom stereocenters. The van der Waals surface area contributed by atoms with Gasteiger partial charge in [0.2, 0.25) is 0 Å². The van der Waals surface area contributed by atoms with Crippen molar-refractivity contribution in [1.29, 1.82) is 0 Å². The first-order valence-electron chi connectivity index (χ1n) is 8.26. The summed E-state index contributed by atoms with van der Waals surface area (Å²) in [5.41, 5.74) is 1.12. The van der Waals surface area contributed by atoms with Gasteiger partial charge in [0.1, 0.15) is 17.1 Å². The largest absolute Gasteiger partial charge is 0.535 e. The third kappa shape index (κ3) is 4.11. The van der Waals surface area contributed by atoms with Crippen LogP contribution >= 0.6 is 11.3 Å². The maximum atomic E-state index is 12.3. The maximum absolute atomic E-state index is 12.3. The molecule has 1 aliphatic heterocycles. The third-order valence-corrected chi connectivity index (χ3v) is 5.03. The monoisotopic (exact) mass is 358 g/mol. The van der Waals surface area contributed by atoms with Crippen LogP contribution in [0.1, 0.15) is 34.1 Å². The number of fused-ring (bicyclic) bond motifs is 1. The number of hydrogen-bond acceptors (Lipinski definition) is 6. The first-order valence-corrected chi connectivity index (χ1v) is 9.14. The second-order valence-electron chi connectivity index (χ2n) is 5.99. The van der Waals surface area contributed by atoms with Gasteiger partial charge in [-0.15, -0.1) is 11.3 Å². The van der Waals surface area contributed by atoms with Crippen molar-refractivity contribution in [2.24, 2.45) is 0 Å². The zero-order chi connectivity index (χ0) is 17.8. The van der Waals surface area contributed by atoms with Crippen molar-refractivity contribution in [1.82, 2.24) is 0 Å². The summed E-state index contributed by atoms with van der Waals surface area (Å²) < 4.78 is 10.6. The number of rotatable bonds is 6. The van der Waals surface area contributed by atoms with Crippen molar-refractivity contribution >= 4 is 30.2 Å². The molecule has 2 aromatic rings. The van der Waals surface area contributed by atoms with E-state index in [1.54, 1.807) is 30.4 Å². The van der Waals surface area contributed by atoms with Crippen molar-refractivity contribution in [3.05, 3.63) is 51.7 Å². The van der Waals surface area contributed by atoms with Gasteiger partial charge in [-0.1, -0.05) is 18.2 Å². The summed E-state index contributed by atoms with van der Waals surface area (Å²) in [6.07, 6.45) is 1.10. The number of esters is 1. The van der Waals surface area contributed by atoms with Gasteiger partial charge in [-0.2, -0.15) is 0 Å². The lowest BCUT2D eigenvalue weighted by atomic mass is 9.64. The lowest BCUT2D eigenvalue weighted by Gasteiger charge is -2.28. The van der Waals surface area contributed by atoms with Gasteiger partial charge in [-0.3, -0.25) is 4.79 Å². The first kappa shape index (κ1) is 17.7. The molecule has 0 unspecified atom stereocenters. The van der Waals surface area contributed by atoms with Gasteiger partial charge in [-0.25, -0.2) is 4.79 Å². The zero-order valence-corrected chi connectivity index (χ0v) is 14.8. The molecule has 1 aliphatic rings. The standard InChI is InChI=1S/C18H19BO5S/c1-2-23-18(21)16-7-3-5-12-9-13(19(22)24-17(12)16)10-14(20)11-15-6-4-8-25-15/h3-8,13,22H,2,9-11H2,1H3/t13-/m1/s1. The van der Waals surface area contributed by atoms with E-state index in [4.69, 9.17) is 9.39 Å². The highest BCUT2D eigenvalue weighted by molar-refractivity contribution is 7.10. The molecule has 0 bridgehead atoms. The summed E-state index contributed by atoms with van der Waals surface area (Å²) in [4.78, 5) is 25.3. The van der Waals surface area contributed by atoms with Gasteiger partial charge >= 0.3 is 13.1 Å². The van der Waals surface area contributed by atoms with E-state index in [1.165, 1.54) is 0 Å². The van der Waals surface area contributed by atoms with Gasteiger partial charge in [-0.05, 0) is 36.4 Å². The minimum absolute atomic E-state index is 0.0695. The maximum Gasteiger partial charge on any atom is 0.526 e. The molecule has 7 heteroatoms. The molecule has 0 aliphatic carbocycles. The van der Waals surface area contributed by atoms with Gasteiger partial charge in [0.05, 0.1) is 6.61 Å². The molecular formula is C18H19BO5S. The molecular weight excluding hydrogens is 339 g/mol. The van der Waals surface area contributed by atoms with Crippen molar-refractivity contribution in [2.75, 3.05) is 6.61 Å². The van der Waals surface area contributed by atoms with E-state index < -0.39 is 13.1 Å². The number of carbonyl (C=O) groups is 2. The number of carbonyl (C=O) groups excluding carboxylic acids is 2. The fourth-order valence-corrected chi connectivity index (χ4v) is 3.73. The molecule has 0 spiro atoms. The lowest BCUT2D eigenvalue weighted by molar-refractivity contribution is -0.118. The molecule has 3 rings (SSSR count). The summed E-state index contributed by atoms with van der Waals surface area (Å²) >= 11 is 1.55. The minimum Gasteiger partial charge on any atom is -0.535 e. The minimum atomic E-state index is -1.12. The fourth-order valence-electron chi connectivity index (χ4n) is 3.00. The second-order valence-corrected chi connectivity index (χ2v) is 7.02. The highest BCUT2D eigenvalue weighted by atomic mass is 32.1. The first-order chi connectivity index (χ1) is 12.1. The number of para-hydroxylation sites is 1. The average molecular weight is 358 g/mol. The smallest absolute Gasteiger partial charge is 0.526 e. The quantitative estimate of drug-likeness (QED) is 0.635. The SMILES string of the molecule is CCOC(=O)c1cccc2c1OB(O)[C@@H](CC(=O)Cc1cccs1)C2. The van der Waals surface area contributed by atoms with Crippen LogP contribution in [0.2, 0.25) is 5.82 Å². The van der Waals surface area contributed by atoms with E-state index in [-0.39, 0.29) is 24.6 Å². The van der Waals surface area contributed by atoms with Crippen LogP contribution in [0.4, 0.5) is 0 Å². The molecule has 25 heavy (non-hydrogen) atoms. The number of ether oxygens (including phenoxy) is 1. The number of benzene rings is 1. The molecule has 5 nitrogen and oxygen atoms in total. The summed E-state index contributed by atoms with van der Waals surface area (Å²) in [7, 11) is -1.12. The number of ketones is 1. The van der Waals surface area contributed by atoms with E-state index in [1.807, 2.05) is 23.6 Å². The molecule has 2 heterocycles. The Hall–Kier alpha value is -2.12. The van der Waals surface area contributed by atoms with Crippen LogP contribution in [0.15, 0.2) is 35.7 Å². The Morgan fingerprint density at radius 2 is 2.20 bits per heavy atom. The third-order valence-electron chi connectivity index (χ3n) is 4.16. The number of hydrogen-bond donors (Lipinski definition) is 1. The van der Waals surface area contributed by atoms with Crippen molar-refractivity contribution in [2.45, 2.75) is 32.0 Å². The van der Waals surface area contributed by atoms with Gasteiger partial charge in [0.15, 0.2) is 0 Å². The van der Waals surface area contributed by atoms with Crippen LogP contribution < -0.4 is 4.65 Å². The molecule has 0 amide bonds. The van der Waals surface area contributed by atoms with Gasteiger partial charge in [0, 0.05) is 23.5 Å². The van der Waals surface area contributed by atoms with Crippen LogP contribution in [0.5, 0.6) is 5.75 Å². The molecule has 1 aromatic carbocycles. The summed E-state index contributed by atoms with van der Waals surface area (Å²) in [6.45, 7) is 2.00. The second kappa shape index (κ2) is 7.84. The van der Waals surface area contributed by atoms with Crippen LogP contribution in [-0.2, 0) is 22.4 Å². The topological polar surface area (TPSA) is 72.8 Å². The zero-order valence-electron chi connectivity index (χ0n) is 13.9. The van der Waals surface area contributed by atoms with E-state index >= 15 is 0 Å². The molecule has 130 valence electrons. The Bertz CT molecular complexity index is 759. The number of thiophene rings is 1. The van der Waals surface area contributed by atoms with Crippen LogP contribution in [0, 0.1) is 0 Å². The van der Waals surface area contributed by atoms with Gasteiger partial charge < -0.3 is 14.4 Å². The van der Waals surface area contributed by atoms with Crippen LogP contribution in [-0.4, -0.2) is 30.5 Å². The predicted octanol–water partition coefficient (Wildman–Crippen LogP) is 2.91. The Balaban J connectivity index is 1.72. The van der Waals surface area contributed by atoms with Crippen LogP contribution in [0.3, 0.4) is 0 Å². The van der Waals surface area contributed by atoms with Crippen LogP contribution in [0.25, 0.3) is 0 Å². The summed E-state index contributed by atoms with van der Waals surface area (Å²) in [6, 6.07) is 9.07. The summed E-state index contributed by atoms with van der Waals surface area (Å²) in [5, 5.41) is 12.2. The van der Waals surface area contributed by atoms with E-state index in [0.29, 0.717) is 24.2 Å². The van der Waals surface area contributed by atoms with Crippen molar-refractivity contribution < 1.29 is 24.0 Å². The molecule has 1 aromatic heterocycles. The van der Waals surface area contributed by atoms with Crippen molar-refractivity contribution in [3.8, 4) is 5.75 Å². The fraction of sp³-hybridized carbons (Fsp3) is 0.333. The highest BCUT2D eigenvalue weighted by Crippen LogP contribution is 2.36. The van der Waals surface area contributed by atoms with E-state index in [9.17, 15) is 14.6 Å². The normalized spacial score (nSPS) is 16.1. The van der Waals surface area contributed by atoms with E-state index in [0.717, 1.165) is 10.4 Å². The lowest BCUT2D eigenvalue weighted by Crippen LogP contribution is -2.36.